The Bertz CT molecular complexity index is 805. The maximum atomic E-state index is 12.1. The van der Waals surface area contributed by atoms with Crippen LogP contribution in [-0.4, -0.2) is 30.8 Å². The number of halogens is 1. The van der Waals surface area contributed by atoms with Gasteiger partial charge in [0.1, 0.15) is 0 Å². The average Bonchev–Trinajstić information content (AvgIpc) is 2.67. The van der Waals surface area contributed by atoms with Crippen molar-refractivity contribution in [2.24, 2.45) is 0 Å². The number of carbonyl (C=O) groups is 3. The summed E-state index contributed by atoms with van der Waals surface area (Å²) in [5, 5.41) is 8.32. The standard InChI is InChI=1S/C21H24BrN3O3/c1-2-3-19(26)25-18-10-6-16(7-11-18)21(28)24-13-12-23-20(27)14-15-4-8-17(22)9-5-15/h4-11H,2-3,12-14H2,1H3,(H,23,27)(H,24,28)(H,25,26). The van der Waals surface area contributed by atoms with E-state index in [9.17, 15) is 14.4 Å². The van der Waals surface area contributed by atoms with E-state index in [1.165, 1.54) is 0 Å². The number of amides is 3. The summed E-state index contributed by atoms with van der Waals surface area (Å²) in [5.41, 5.74) is 2.08. The second-order valence-electron chi connectivity index (χ2n) is 6.28. The lowest BCUT2D eigenvalue weighted by Crippen LogP contribution is -2.35. The van der Waals surface area contributed by atoms with E-state index in [1.807, 2.05) is 31.2 Å². The largest absolute Gasteiger partial charge is 0.354 e. The summed E-state index contributed by atoms with van der Waals surface area (Å²) >= 11 is 3.36. The van der Waals surface area contributed by atoms with Crippen molar-refractivity contribution >= 4 is 39.3 Å². The van der Waals surface area contributed by atoms with Gasteiger partial charge in [-0.1, -0.05) is 35.0 Å². The fourth-order valence-electron chi connectivity index (χ4n) is 2.49. The summed E-state index contributed by atoms with van der Waals surface area (Å²) in [6.07, 6.45) is 1.55. The van der Waals surface area contributed by atoms with Gasteiger partial charge in [0.2, 0.25) is 11.8 Å². The third-order valence-corrected chi connectivity index (χ3v) is 4.45. The summed E-state index contributed by atoms with van der Waals surface area (Å²) in [5.74, 6) is -0.365. The Labute approximate surface area is 173 Å². The molecule has 3 amide bonds. The normalized spacial score (nSPS) is 10.2. The maximum absolute atomic E-state index is 12.1. The Kier molecular flexibility index (Phi) is 8.68. The van der Waals surface area contributed by atoms with Crippen LogP contribution in [0.25, 0.3) is 0 Å². The van der Waals surface area contributed by atoms with Crippen LogP contribution in [0.2, 0.25) is 0 Å². The van der Waals surface area contributed by atoms with E-state index in [-0.39, 0.29) is 17.7 Å². The molecule has 2 aromatic rings. The molecule has 0 spiro atoms. The average molecular weight is 446 g/mol. The van der Waals surface area contributed by atoms with Gasteiger partial charge in [-0.3, -0.25) is 14.4 Å². The van der Waals surface area contributed by atoms with Gasteiger partial charge in [-0.05, 0) is 48.4 Å². The van der Waals surface area contributed by atoms with Crippen molar-refractivity contribution in [1.29, 1.82) is 0 Å². The van der Waals surface area contributed by atoms with Crippen LogP contribution >= 0.6 is 15.9 Å². The number of hydrogen-bond acceptors (Lipinski definition) is 3. The van der Waals surface area contributed by atoms with Gasteiger partial charge < -0.3 is 16.0 Å². The molecule has 0 radical (unpaired) electrons. The van der Waals surface area contributed by atoms with Gasteiger partial charge in [0, 0.05) is 35.2 Å². The predicted octanol–water partition coefficient (Wildman–Crippen LogP) is 3.28. The molecule has 0 fully saturated rings. The lowest BCUT2D eigenvalue weighted by molar-refractivity contribution is -0.120. The fraction of sp³-hybridized carbons (Fsp3) is 0.286. The third kappa shape index (κ3) is 7.52. The number of hydrogen-bond donors (Lipinski definition) is 3. The first-order valence-electron chi connectivity index (χ1n) is 9.17. The van der Waals surface area contributed by atoms with Gasteiger partial charge in [0.25, 0.3) is 5.91 Å². The van der Waals surface area contributed by atoms with Crippen molar-refractivity contribution in [3.63, 3.8) is 0 Å². The molecule has 0 heterocycles. The molecular formula is C21H24BrN3O3. The van der Waals surface area contributed by atoms with Crippen molar-refractivity contribution in [1.82, 2.24) is 10.6 Å². The highest BCUT2D eigenvalue weighted by Gasteiger charge is 2.07. The zero-order valence-electron chi connectivity index (χ0n) is 15.8. The van der Waals surface area contributed by atoms with Crippen molar-refractivity contribution in [2.75, 3.05) is 18.4 Å². The first-order chi connectivity index (χ1) is 13.5. The minimum atomic E-state index is -0.228. The second-order valence-corrected chi connectivity index (χ2v) is 7.20. The van der Waals surface area contributed by atoms with E-state index in [0.717, 1.165) is 16.5 Å². The number of nitrogens with one attached hydrogen (secondary N) is 3. The molecule has 0 unspecified atom stereocenters. The summed E-state index contributed by atoms with van der Waals surface area (Å²) < 4.78 is 0.968. The lowest BCUT2D eigenvalue weighted by atomic mass is 10.1. The topological polar surface area (TPSA) is 87.3 Å². The van der Waals surface area contributed by atoms with Gasteiger partial charge in [0.05, 0.1) is 6.42 Å². The van der Waals surface area contributed by atoms with Gasteiger partial charge in [-0.25, -0.2) is 0 Å². The summed E-state index contributed by atoms with van der Waals surface area (Å²) in [6, 6.07) is 14.3. The van der Waals surface area contributed by atoms with Gasteiger partial charge >= 0.3 is 0 Å². The molecule has 0 bridgehead atoms. The smallest absolute Gasteiger partial charge is 0.251 e. The van der Waals surface area contributed by atoms with Crippen LogP contribution in [-0.2, 0) is 16.0 Å². The maximum Gasteiger partial charge on any atom is 0.251 e. The molecule has 0 aliphatic heterocycles. The first-order valence-corrected chi connectivity index (χ1v) is 9.96. The molecule has 0 atom stereocenters. The van der Waals surface area contributed by atoms with Crippen molar-refractivity contribution in [2.45, 2.75) is 26.2 Å². The molecule has 3 N–H and O–H groups in total. The van der Waals surface area contributed by atoms with E-state index >= 15 is 0 Å². The quantitative estimate of drug-likeness (QED) is 0.517. The Morgan fingerprint density at radius 1 is 0.857 bits per heavy atom. The van der Waals surface area contributed by atoms with Crippen LogP contribution in [0.15, 0.2) is 53.0 Å². The fourth-order valence-corrected chi connectivity index (χ4v) is 2.75. The van der Waals surface area contributed by atoms with E-state index in [1.54, 1.807) is 24.3 Å². The summed E-state index contributed by atoms with van der Waals surface area (Å²) in [6.45, 7) is 2.63. The minimum Gasteiger partial charge on any atom is -0.354 e. The van der Waals surface area contributed by atoms with Gasteiger partial charge in [-0.2, -0.15) is 0 Å². The van der Waals surface area contributed by atoms with E-state index in [4.69, 9.17) is 0 Å². The summed E-state index contributed by atoms with van der Waals surface area (Å²) in [4.78, 5) is 35.6. The molecule has 0 aromatic heterocycles. The molecule has 28 heavy (non-hydrogen) atoms. The highest BCUT2D eigenvalue weighted by molar-refractivity contribution is 9.10. The zero-order chi connectivity index (χ0) is 20.4. The van der Waals surface area contributed by atoms with Crippen molar-refractivity contribution in [3.05, 3.63) is 64.1 Å². The first kappa shape index (κ1) is 21.6. The van der Waals surface area contributed by atoms with Gasteiger partial charge in [-0.15, -0.1) is 0 Å². The third-order valence-electron chi connectivity index (χ3n) is 3.92. The minimum absolute atomic E-state index is 0.0430. The van der Waals surface area contributed by atoms with E-state index < -0.39 is 0 Å². The SMILES string of the molecule is CCCC(=O)Nc1ccc(C(=O)NCCNC(=O)Cc2ccc(Br)cc2)cc1. The Morgan fingerprint density at radius 3 is 2.14 bits per heavy atom. The Balaban J connectivity index is 1.69. The highest BCUT2D eigenvalue weighted by Crippen LogP contribution is 2.11. The summed E-state index contributed by atoms with van der Waals surface area (Å²) in [7, 11) is 0. The molecule has 0 aliphatic carbocycles. The number of anilines is 1. The van der Waals surface area contributed by atoms with Crippen LogP contribution in [0.4, 0.5) is 5.69 Å². The molecule has 0 saturated heterocycles. The molecular weight excluding hydrogens is 422 g/mol. The Hall–Kier alpha value is -2.67. The Morgan fingerprint density at radius 2 is 1.50 bits per heavy atom. The molecule has 0 saturated carbocycles. The molecule has 148 valence electrons. The number of rotatable bonds is 9. The monoisotopic (exact) mass is 445 g/mol. The predicted molar refractivity (Wildman–Crippen MR) is 113 cm³/mol. The molecule has 2 rings (SSSR count). The van der Waals surface area contributed by atoms with Crippen LogP contribution in [0.3, 0.4) is 0 Å². The van der Waals surface area contributed by atoms with Crippen LogP contribution in [0.1, 0.15) is 35.7 Å². The molecule has 7 heteroatoms. The molecule has 6 nitrogen and oxygen atoms in total. The lowest BCUT2D eigenvalue weighted by Gasteiger charge is -2.08. The van der Waals surface area contributed by atoms with Gasteiger partial charge in [0.15, 0.2) is 0 Å². The number of benzene rings is 2. The van der Waals surface area contributed by atoms with Crippen LogP contribution in [0, 0.1) is 0 Å². The highest BCUT2D eigenvalue weighted by atomic mass is 79.9. The van der Waals surface area contributed by atoms with E-state index in [2.05, 4.69) is 31.9 Å². The number of carbonyl (C=O) groups excluding carboxylic acids is 3. The van der Waals surface area contributed by atoms with E-state index in [0.29, 0.717) is 37.2 Å². The van der Waals surface area contributed by atoms with Crippen LogP contribution in [0.5, 0.6) is 0 Å². The van der Waals surface area contributed by atoms with Crippen molar-refractivity contribution < 1.29 is 14.4 Å². The molecule has 2 aromatic carbocycles. The van der Waals surface area contributed by atoms with Crippen LogP contribution < -0.4 is 16.0 Å². The second kappa shape index (κ2) is 11.2. The molecule has 0 aliphatic rings. The zero-order valence-corrected chi connectivity index (χ0v) is 17.3. The van der Waals surface area contributed by atoms with Crippen molar-refractivity contribution in [3.8, 4) is 0 Å².